The Morgan fingerprint density at radius 3 is 2.57 bits per heavy atom. The number of hydrogen-bond acceptors (Lipinski definition) is 2. The molecule has 0 amide bonds. The number of benzene rings is 1. The second kappa shape index (κ2) is 3.59. The SMILES string of the molecule is Cc1n[nH]nc1-c1ccc(Cl)cc1Cl. The molecule has 0 aliphatic carbocycles. The molecule has 0 aliphatic rings. The zero-order chi connectivity index (χ0) is 10.1. The molecule has 0 saturated heterocycles. The number of nitrogens with one attached hydrogen (secondary N) is 1. The molecule has 0 bridgehead atoms. The van der Waals surface area contributed by atoms with Crippen LogP contribution in [0.3, 0.4) is 0 Å². The molecule has 1 aromatic heterocycles. The molecule has 0 fully saturated rings. The maximum Gasteiger partial charge on any atom is 0.117 e. The van der Waals surface area contributed by atoms with E-state index in [1.165, 1.54) is 0 Å². The van der Waals surface area contributed by atoms with Gasteiger partial charge in [-0.15, -0.1) is 0 Å². The summed E-state index contributed by atoms with van der Waals surface area (Å²) in [5.41, 5.74) is 2.41. The lowest BCUT2D eigenvalue weighted by atomic mass is 10.1. The van der Waals surface area contributed by atoms with Gasteiger partial charge >= 0.3 is 0 Å². The number of rotatable bonds is 1. The fraction of sp³-hybridized carbons (Fsp3) is 0.111. The molecule has 0 unspecified atom stereocenters. The quantitative estimate of drug-likeness (QED) is 0.814. The van der Waals surface area contributed by atoms with Gasteiger partial charge in [0.1, 0.15) is 5.69 Å². The molecule has 72 valence electrons. The van der Waals surface area contributed by atoms with Crippen LogP contribution in [0.15, 0.2) is 18.2 Å². The third-order valence-electron chi connectivity index (χ3n) is 1.91. The molecule has 0 spiro atoms. The lowest BCUT2D eigenvalue weighted by molar-refractivity contribution is 0.929. The first-order valence-electron chi connectivity index (χ1n) is 4.01. The Balaban J connectivity index is 2.58. The minimum absolute atomic E-state index is 0.578. The second-order valence-corrected chi connectivity index (χ2v) is 3.73. The highest BCUT2D eigenvalue weighted by atomic mass is 35.5. The average Bonchev–Trinajstić information content (AvgIpc) is 2.52. The van der Waals surface area contributed by atoms with E-state index in [1.54, 1.807) is 12.1 Å². The van der Waals surface area contributed by atoms with E-state index in [4.69, 9.17) is 23.2 Å². The molecule has 0 atom stereocenters. The van der Waals surface area contributed by atoms with Crippen molar-refractivity contribution < 1.29 is 0 Å². The highest BCUT2D eigenvalue weighted by Gasteiger charge is 2.09. The molecular weight excluding hydrogens is 221 g/mol. The van der Waals surface area contributed by atoms with Crippen LogP contribution >= 0.6 is 23.2 Å². The van der Waals surface area contributed by atoms with Gasteiger partial charge < -0.3 is 0 Å². The number of H-pyrrole nitrogens is 1. The molecule has 5 heteroatoms. The van der Waals surface area contributed by atoms with Gasteiger partial charge in [0.2, 0.25) is 0 Å². The van der Waals surface area contributed by atoms with Gasteiger partial charge in [0, 0.05) is 10.6 Å². The van der Waals surface area contributed by atoms with Crippen molar-refractivity contribution in [1.29, 1.82) is 0 Å². The van der Waals surface area contributed by atoms with Gasteiger partial charge in [0.05, 0.1) is 10.7 Å². The van der Waals surface area contributed by atoms with Crippen LogP contribution in [0.25, 0.3) is 11.3 Å². The Kier molecular flexibility index (Phi) is 2.44. The van der Waals surface area contributed by atoms with E-state index in [9.17, 15) is 0 Å². The number of aromatic nitrogens is 3. The summed E-state index contributed by atoms with van der Waals surface area (Å²) in [6.07, 6.45) is 0. The molecule has 14 heavy (non-hydrogen) atoms. The maximum atomic E-state index is 6.03. The van der Waals surface area contributed by atoms with Crippen LogP contribution in [0.2, 0.25) is 10.0 Å². The van der Waals surface area contributed by atoms with Crippen LogP contribution < -0.4 is 0 Å². The summed E-state index contributed by atoms with van der Waals surface area (Å²) in [5.74, 6) is 0. The van der Waals surface area contributed by atoms with Crippen molar-refractivity contribution >= 4 is 23.2 Å². The number of halogens is 2. The Morgan fingerprint density at radius 2 is 2.00 bits per heavy atom. The molecule has 3 nitrogen and oxygen atoms in total. The predicted octanol–water partition coefficient (Wildman–Crippen LogP) is 3.09. The predicted molar refractivity (Wildman–Crippen MR) is 56.6 cm³/mol. The Labute approximate surface area is 91.0 Å². The topological polar surface area (TPSA) is 41.6 Å². The fourth-order valence-electron chi connectivity index (χ4n) is 1.22. The second-order valence-electron chi connectivity index (χ2n) is 2.88. The van der Waals surface area contributed by atoms with Gasteiger partial charge in [-0.05, 0) is 25.1 Å². The Hall–Kier alpha value is -1.06. The maximum absolute atomic E-state index is 6.03. The molecule has 1 N–H and O–H groups in total. The zero-order valence-corrected chi connectivity index (χ0v) is 8.89. The Bertz CT molecular complexity index is 465. The monoisotopic (exact) mass is 227 g/mol. The zero-order valence-electron chi connectivity index (χ0n) is 7.38. The van der Waals surface area contributed by atoms with Crippen LogP contribution in [0.4, 0.5) is 0 Å². The van der Waals surface area contributed by atoms with Crippen molar-refractivity contribution in [2.24, 2.45) is 0 Å². The van der Waals surface area contributed by atoms with Gasteiger partial charge in [0.25, 0.3) is 0 Å². The molecule has 1 aromatic carbocycles. The lowest BCUT2D eigenvalue weighted by Crippen LogP contribution is -1.82. The summed E-state index contributed by atoms with van der Waals surface area (Å²) in [6, 6.07) is 5.29. The van der Waals surface area contributed by atoms with Gasteiger partial charge in [-0.25, -0.2) is 0 Å². The van der Waals surface area contributed by atoms with Crippen molar-refractivity contribution in [1.82, 2.24) is 15.4 Å². The summed E-state index contributed by atoms with van der Waals surface area (Å²) < 4.78 is 0. The molecule has 2 aromatic rings. The van der Waals surface area contributed by atoms with Crippen molar-refractivity contribution in [2.45, 2.75) is 6.92 Å². The van der Waals surface area contributed by atoms with Crippen LogP contribution in [0.5, 0.6) is 0 Å². The van der Waals surface area contributed by atoms with E-state index in [0.717, 1.165) is 17.0 Å². The van der Waals surface area contributed by atoms with E-state index in [1.807, 2.05) is 13.0 Å². The van der Waals surface area contributed by atoms with Crippen molar-refractivity contribution in [2.75, 3.05) is 0 Å². The summed E-state index contributed by atoms with van der Waals surface area (Å²) in [6.45, 7) is 1.86. The molecule has 0 radical (unpaired) electrons. The highest BCUT2D eigenvalue weighted by Crippen LogP contribution is 2.29. The third kappa shape index (κ3) is 1.61. The first kappa shape index (κ1) is 9.49. The average molecular weight is 228 g/mol. The molecule has 1 heterocycles. The number of aryl methyl sites for hydroxylation is 1. The molecule has 0 aliphatic heterocycles. The van der Waals surface area contributed by atoms with E-state index >= 15 is 0 Å². The van der Waals surface area contributed by atoms with Crippen molar-refractivity contribution in [3.05, 3.63) is 33.9 Å². The number of nitrogens with zero attached hydrogens (tertiary/aromatic N) is 2. The smallest absolute Gasteiger partial charge is 0.117 e. The first-order chi connectivity index (χ1) is 6.68. The van der Waals surface area contributed by atoms with E-state index in [2.05, 4.69) is 15.4 Å². The minimum atomic E-state index is 0.578. The van der Waals surface area contributed by atoms with Crippen molar-refractivity contribution in [3.63, 3.8) is 0 Å². The van der Waals surface area contributed by atoms with Crippen LogP contribution in [0, 0.1) is 6.92 Å². The summed E-state index contributed by atoms with van der Waals surface area (Å²) in [5, 5.41) is 11.7. The highest BCUT2D eigenvalue weighted by molar-refractivity contribution is 6.36. The first-order valence-corrected chi connectivity index (χ1v) is 4.77. The molecule has 2 rings (SSSR count). The molecule has 0 saturated carbocycles. The van der Waals surface area contributed by atoms with Crippen molar-refractivity contribution in [3.8, 4) is 11.3 Å². The third-order valence-corrected chi connectivity index (χ3v) is 2.46. The normalized spacial score (nSPS) is 10.5. The summed E-state index contributed by atoms with van der Waals surface area (Å²) in [4.78, 5) is 0. The van der Waals surface area contributed by atoms with Crippen LogP contribution in [-0.2, 0) is 0 Å². The van der Waals surface area contributed by atoms with E-state index < -0.39 is 0 Å². The van der Waals surface area contributed by atoms with Crippen LogP contribution in [-0.4, -0.2) is 15.4 Å². The van der Waals surface area contributed by atoms with E-state index in [0.29, 0.717) is 10.0 Å². The van der Waals surface area contributed by atoms with Gasteiger partial charge in [0.15, 0.2) is 0 Å². The largest absolute Gasteiger partial charge is 0.197 e. The standard InChI is InChI=1S/C9H7Cl2N3/c1-5-9(13-14-12-5)7-3-2-6(10)4-8(7)11/h2-4H,1H3,(H,12,13,14). The fourth-order valence-corrected chi connectivity index (χ4v) is 1.72. The lowest BCUT2D eigenvalue weighted by Gasteiger charge is -2.01. The summed E-state index contributed by atoms with van der Waals surface area (Å²) >= 11 is 11.8. The van der Waals surface area contributed by atoms with Gasteiger partial charge in [-0.1, -0.05) is 23.2 Å². The Morgan fingerprint density at radius 1 is 1.21 bits per heavy atom. The minimum Gasteiger partial charge on any atom is -0.197 e. The molecular formula is C9H7Cl2N3. The number of hydrogen-bond donors (Lipinski definition) is 1. The van der Waals surface area contributed by atoms with Gasteiger partial charge in [-0.2, -0.15) is 15.4 Å². The van der Waals surface area contributed by atoms with Crippen LogP contribution in [0.1, 0.15) is 5.69 Å². The van der Waals surface area contributed by atoms with E-state index in [-0.39, 0.29) is 0 Å². The summed E-state index contributed by atoms with van der Waals surface area (Å²) in [7, 11) is 0. The number of aromatic amines is 1. The van der Waals surface area contributed by atoms with Gasteiger partial charge in [-0.3, -0.25) is 0 Å².